The molecule has 0 atom stereocenters. The van der Waals surface area contributed by atoms with Crippen molar-refractivity contribution in [2.24, 2.45) is 0 Å². The van der Waals surface area contributed by atoms with Crippen LogP contribution in [0.2, 0.25) is 0 Å². The second-order valence-electron chi connectivity index (χ2n) is 15.3. The molecule has 0 saturated heterocycles. The predicted molar refractivity (Wildman–Crippen MR) is 211 cm³/mol. The number of allylic oxidation sites excluding steroid dienone is 5. The number of ketones is 1. The van der Waals surface area contributed by atoms with E-state index in [-0.39, 0.29) is 50.9 Å². The Morgan fingerprint density at radius 1 is 0.707 bits per heavy atom. The molecule has 0 amide bonds. The first kappa shape index (κ1) is 40.0. The first-order valence-corrected chi connectivity index (χ1v) is 20.6. The van der Waals surface area contributed by atoms with E-state index < -0.39 is 48.8 Å². The molecule has 4 aromatic rings. The lowest BCUT2D eigenvalue weighted by atomic mass is 9.77. The second-order valence-corrected chi connectivity index (χ2v) is 18.1. The molecule has 4 aromatic carbocycles. The number of aliphatic hydroxyl groups is 1. The number of fused-ring (bicyclic) bond motifs is 2. The van der Waals surface area contributed by atoms with Crippen molar-refractivity contribution >= 4 is 55.0 Å². The molecule has 14 nitrogen and oxygen atoms in total. The first-order chi connectivity index (χ1) is 27.0. The van der Waals surface area contributed by atoms with Gasteiger partial charge in [0.05, 0.1) is 37.5 Å². The Hall–Kier alpha value is -6.20. The fraction of sp³-hybridized carbons (Fsp3) is 0.190. The monoisotopic (exact) mass is 825 g/mol. The van der Waals surface area contributed by atoms with E-state index in [0.29, 0.717) is 45.0 Å². The molecule has 0 saturated carbocycles. The Morgan fingerprint density at radius 2 is 1.22 bits per heavy atom. The van der Waals surface area contributed by atoms with E-state index in [0.717, 1.165) is 0 Å². The Balaban J connectivity index is 1.34. The van der Waals surface area contributed by atoms with Crippen LogP contribution < -0.4 is 4.90 Å². The largest absolute Gasteiger partial charge is 0.506 e. The topological polar surface area (TPSA) is 227 Å². The van der Waals surface area contributed by atoms with Gasteiger partial charge in [-0.3, -0.25) is 13.9 Å². The van der Waals surface area contributed by atoms with E-state index in [2.05, 4.69) is 0 Å². The van der Waals surface area contributed by atoms with E-state index in [4.69, 9.17) is 0 Å². The fourth-order valence-electron chi connectivity index (χ4n) is 7.75. The van der Waals surface area contributed by atoms with Crippen molar-refractivity contribution in [1.82, 2.24) is 0 Å². The van der Waals surface area contributed by atoms with Gasteiger partial charge in [0.15, 0.2) is 12.3 Å². The second kappa shape index (κ2) is 13.7. The van der Waals surface area contributed by atoms with Crippen LogP contribution >= 0.6 is 0 Å². The normalized spacial score (nSPS) is 18.4. The van der Waals surface area contributed by atoms with Gasteiger partial charge in [-0.15, -0.1) is 0 Å². The van der Waals surface area contributed by atoms with Gasteiger partial charge < -0.3 is 20.2 Å². The zero-order valence-corrected chi connectivity index (χ0v) is 33.1. The molecule has 298 valence electrons. The molecule has 0 bridgehead atoms. The van der Waals surface area contributed by atoms with Crippen LogP contribution in [0, 0.1) is 0 Å². The molecule has 58 heavy (non-hydrogen) atoms. The number of carbonyl (C=O) groups excluding carboxylic acids is 1. The standard InChI is InChI=1S/C42H36N2O12S2/c1-41(2)31-17-27(57(51,52)53)13-15-33(31)43(21-23-5-9-25(10-6-23)39(47)48)35(41)19-29-37(45)30(38(29)46)20-36-42(3,4)32-18-28(58(54,55)56)14-16-34(32)44(36)22-24-7-11-26(12-8-24)40(49)50/h5-20H,21-22H2,1-4H3,(H4-,45,46,47,48,49,50,51,52,53,54,55,56)/p+1. The average molecular weight is 826 g/mol. The molecule has 1 aliphatic carbocycles. The average Bonchev–Trinajstić information content (AvgIpc) is 3.49. The molecular formula is C42H37N2O12S2+. The van der Waals surface area contributed by atoms with Crippen LogP contribution in [0.3, 0.4) is 0 Å². The number of benzene rings is 4. The summed E-state index contributed by atoms with van der Waals surface area (Å²) in [5.41, 5.74) is 2.62. The van der Waals surface area contributed by atoms with Crippen molar-refractivity contribution < 1.29 is 60.2 Å². The van der Waals surface area contributed by atoms with Gasteiger partial charge in [-0.2, -0.15) is 21.4 Å². The number of carboxylic acid groups (broad SMARTS) is 2. The summed E-state index contributed by atoms with van der Waals surface area (Å²) in [5, 5.41) is 30.4. The number of anilines is 1. The van der Waals surface area contributed by atoms with Crippen LogP contribution in [0.4, 0.5) is 11.4 Å². The predicted octanol–water partition coefficient (Wildman–Crippen LogP) is 6.36. The number of Topliss-reactive ketones (excluding diaryl/α,β-unsaturated/α-hetero) is 1. The molecule has 0 aromatic heterocycles. The molecule has 0 spiro atoms. The summed E-state index contributed by atoms with van der Waals surface area (Å²) in [6, 6.07) is 20.6. The highest BCUT2D eigenvalue weighted by atomic mass is 32.2. The van der Waals surface area contributed by atoms with Crippen molar-refractivity contribution in [2.45, 2.75) is 61.4 Å². The molecule has 0 unspecified atom stereocenters. The van der Waals surface area contributed by atoms with E-state index >= 15 is 0 Å². The van der Waals surface area contributed by atoms with Gasteiger partial charge in [-0.05, 0) is 85.6 Å². The maximum absolute atomic E-state index is 14.1. The third kappa shape index (κ3) is 6.83. The van der Waals surface area contributed by atoms with E-state index in [9.17, 15) is 55.6 Å². The molecular weight excluding hydrogens is 789 g/mol. The maximum Gasteiger partial charge on any atom is 0.335 e. The molecule has 2 heterocycles. The van der Waals surface area contributed by atoms with Gasteiger partial charge in [0, 0.05) is 46.6 Å². The Kier molecular flexibility index (Phi) is 9.47. The zero-order chi connectivity index (χ0) is 42.3. The number of carbonyl (C=O) groups is 3. The van der Waals surface area contributed by atoms with Crippen LogP contribution in [0.1, 0.15) is 70.7 Å². The third-order valence-corrected chi connectivity index (χ3v) is 12.7. The summed E-state index contributed by atoms with van der Waals surface area (Å²) in [5.74, 6) is -3.06. The Labute approximate surface area is 333 Å². The molecule has 5 N–H and O–H groups in total. The van der Waals surface area contributed by atoms with Gasteiger partial charge in [-0.1, -0.05) is 38.1 Å². The quantitative estimate of drug-likeness (QED) is 0.0668. The summed E-state index contributed by atoms with van der Waals surface area (Å²) in [6.07, 6.45) is 3.04. The number of hydrogen-bond donors (Lipinski definition) is 5. The first-order valence-electron chi connectivity index (χ1n) is 17.7. The lowest BCUT2D eigenvalue weighted by molar-refractivity contribution is -0.455. The molecule has 2 aliphatic heterocycles. The van der Waals surface area contributed by atoms with E-state index in [1.54, 1.807) is 52.0 Å². The van der Waals surface area contributed by atoms with Crippen molar-refractivity contribution in [3.63, 3.8) is 0 Å². The summed E-state index contributed by atoms with van der Waals surface area (Å²) in [6.45, 7) is 7.52. The summed E-state index contributed by atoms with van der Waals surface area (Å²) in [7, 11) is -9.16. The zero-order valence-electron chi connectivity index (χ0n) is 31.5. The van der Waals surface area contributed by atoms with Crippen molar-refractivity contribution in [3.8, 4) is 0 Å². The van der Waals surface area contributed by atoms with Crippen LogP contribution in [0.5, 0.6) is 0 Å². The lowest BCUT2D eigenvalue weighted by Crippen LogP contribution is -2.32. The highest BCUT2D eigenvalue weighted by Gasteiger charge is 2.48. The van der Waals surface area contributed by atoms with E-state index in [1.807, 2.05) is 9.48 Å². The van der Waals surface area contributed by atoms with Crippen LogP contribution in [0.25, 0.3) is 0 Å². The van der Waals surface area contributed by atoms with E-state index in [1.165, 1.54) is 72.8 Å². The Morgan fingerprint density at radius 3 is 1.74 bits per heavy atom. The Bertz CT molecular complexity index is 2850. The highest BCUT2D eigenvalue weighted by Crippen LogP contribution is 2.51. The summed E-state index contributed by atoms with van der Waals surface area (Å²) < 4.78 is 70.1. The summed E-state index contributed by atoms with van der Waals surface area (Å²) >= 11 is 0. The smallest absolute Gasteiger partial charge is 0.335 e. The van der Waals surface area contributed by atoms with Crippen LogP contribution in [0.15, 0.2) is 129 Å². The minimum absolute atomic E-state index is 0.0400. The van der Waals surface area contributed by atoms with Crippen molar-refractivity contribution in [2.75, 3.05) is 4.90 Å². The fourth-order valence-corrected chi connectivity index (χ4v) is 8.76. The van der Waals surface area contributed by atoms with Crippen molar-refractivity contribution in [3.05, 3.63) is 153 Å². The number of nitrogens with zero attached hydrogens (tertiary/aromatic N) is 2. The number of rotatable bonds is 10. The van der Waals surface area contributed by atoms with Crippen molar-refractivity contribution in [1.29, 1.82) is 0 Å². The summed E-state index contributed by atoms with van der Waals surface area (Å²) in [4.78, 5) is 38.3. The van der Waals surface area contributed by atoms with Gasteiger partial charge >= 0.3 is 11.9 Å². The maximum atomic E-state index is 14.1. The number of carboxylic acids is 2. The third-order valence-electron chi connectivity index (χ3n) is 11.0. The van der Waals surface area contributed by atoms with Gasteiger partial charge in [0.1, 0.15) is 5.76 Å². The highest BCUT2D eigenvalue weighted by molar-refractivity contribution is 7.86. The van der Waals surface area contributed by atoms with Gasteiger partial charge in [0.25, 0.3) is 20.2 Å². The van der Waals surface area contributed by atoms with Crippen LogP contribution in [-0.2, 0) is 49.0 Å². The molecule has 0 fully saturated rings. The molecule has 7 rings (SSSR count). The molecule has 0 radical (unpaired) electrons. The molecule has 3 aliphatic rings. The van der Waals surface area contributed by atoms with Gasteiger partial charge in [-0.25, -0.2) is 9.59 Å². The minimum Gasteiger partial charge on any atom is -0.506 e. The number of hydrogen-bond acceptors (Lipinski definition) is 9. The number of aliphatic hydroxyl groups excluding tert-OH is 1. The van der Waals surface area contributed by atoms with Crippen LogP contribution in [-0.4, -0.2) is 69.3 Å². The van der Waals surface area contributed by atoms with Gasteiger partial charge in [0.2, 0.25) is 11.5 Å². The number of aromatic carboxylic acids is 2. The SMILES string of the molecule is CC1(C)C(=CC2=C(O)C(=CC3=[N+](Cc4ccc(C(=O)O)cc4)c4ccc(S(=O)(=O)O)cc4C3(C)C)C2=O)N(Cc2ccc(C(=O)O)cc2)c2ccc(S(=O)(=O)O)cc21. The molecule has 16 heteroatoms. The minimum atomic E-state index is -4.58. The lowest BCUT2D eigenvalue weighted by Gasteiger charge is -2.29.